The van der Waals surface area contributed by atoms with Crippen molar-refractivity contribution in [3.05, 3.63) is 96.1 Å². The molecule has 40 heavy (non-hydrogen) atoms. The fraction of sp³-hybridized carbons (Fsp3) is 0.394. The zero-order valence-corrected chi connectivity index (χ0v) is 25.1. The van der Waals surface area contributed by atoms with Crippen LogP contribution in [-0.4, -0.2) is 61.6 Å². The van der Waals surface area contributed by atoms with Crippen molar-refractivity contribution in [2.45, 2.75) is 38.8 Å². The van der Waals surface area contributed by atoms with Gasteiger partial charge in [0, 0.05) is 48.8 Å². The lowest BCUT2D eigenvalue weighted by Crippen LogP contribution is -3.00. The third-order valence-electron chi connectivity index (χ3n) is 8.56. The molecule has 6 nitrogen and oxygen atoms in total. The molecule has 3 aliphatic heterocycles. The molecule has 0 amide bonds. The second-order valence-corrected chi connectivity index (χ2v) is 10.9. The number of para-hydroxylation sites is 1. The van der Waals surface area contributed by atoms with Crippen LogP contribution in [-0.2, 0) is 9.53 Å². The second-order valence-electron chi connectivity index (χ2n) is 10.9. The Labute approximate surface area is 248 Å². The number of piperidine rings is 3. The molecule has 0 unspecified atom stereocenters. The second kappa shape index (κ2) is 13.5. The van der Waals surface area contributed by atoms with Crippen LogP contribution in [0.1, 0.15) is 48.7 Å². The van der Waals surface area contributed by atoms with Gasteiger partial charge in [-0.15, -0.1) is 0 Å². The highest BCUT2D eigenvalue weighted by Gasteiger charge is 2.49. The number of carbonyl (C=O) groups excluding carboxylic acids is 2. The maximum atomic E-state index is 13.6. The number of ether oxygens (including phenoxy) is 1. The molecule has 0 aromatic heterocycles. The van der Waals surface area contributed by atoms with Crippen molar-refractivity contribution in [2.75, 3.05) is 49.5 Å². The number of ketones is 1. The molecule has 3 aromatic carbocycles. The molecule has 2 bridgehead atoms. The van der Waals surface area contributed by atoms with Crippen LogP contribution < -0.4 is 27.2 Å². The van der Waals surface area contributed by atoms with Crippen molar-refractivity contribution in [3.8, 4) is 0 Å². The molecule has 0 aliphatic carbocycles. The Bertz CT molecular complexity index is 1240. The Balaban J connectivity index is 0.00000370. The van der Waals surface area contributed by atoms with Crippen LogP contribution in [0.25, 0.3) is 0 Å². The lowest BCUT2D eigenvalue weighted by atomic mass is 9.82. The van der Waals surface area contributed by atoms with Gasteiger partial charge in [-0.25, -0.2) is 4.79 Å². The van der Waals surface area contributed by atoms with Crippen molar-refractivity contribution in [3.63, 3.8) is 0 Å². The maximum Gasteiger partial charge on any atom is 0.333 e. The number of halogens is 1. The molecule has 0 radical (unpaired) electrons. The minimum atomic E-state index is -0.594. The summed E-state index contributed by atoms with van der Waals surface area (Å²) in [6.45, 7) is 9.25. The van der Waals surface area contributed by atoms with Gasteiger partial charge >= 0.3 is 5.97 Å². The zero-order chi connectivity index (χ0) is 27.2. The van der Waals surface area contributed by atoms with Crippen molar-refractivity contribution >= 4 is 23.1 Å². The van der Waals surface area contributed by atoms with Crippen LogP contribution >= 0.6 is 0 Å². The summed E-state index contributed by atoms with van der Waals surface area (Å²) in [5.74, 6) is 0.255. The first-order chi connectivity index (χ1) is 19.0. The number of esters is 1. The molecule has 212 valence electrons. The molecule has 0 spiro atoms. The predicted octanol–water partition coefficient (Wildman–Crippen LogP) is 2.73. The van der Waals surface area contributed by atoms with E-state index in [1.165, 1.54) is 0 Å². The molecule has 6 rings (SSSR count). The number of hydrogen-bond acceptors (Lipinski definition) is 5. The summed E-state index contributed by atoms with van der Waals surface area (Å²) in [4.78, 5) is 29.3. The molecule has 0 saturated carbocycles. The summed E-state index contributed by atoms with van der Waals surface area (Å²) in [5, 5.41) is 3.38. The molecular weight excluding hydrogens is 566 g/mol. The van der Waals surface area contributed by atoms with Gasteiger partial charge in [0.2, 0.25) is 5.78 Å². The number of Topliss-reactive ketones (excluding diaryl/α,β-unsaturated/α-hetero) is 1. The maximum absolute atomic E-state index is 13.6. The fourth-order valence-corrected chi connectivity index (χ4v) is 6.26. The average Bonchev–Trinajstić information content (AvgIpc) is 2.98. The van der Waals surface area contributed by atoms with Crippen molar-refractivity contribution in [2.24, 2.45) is 5.92 Å². The molecule has 3 aliphatic rings. The zero-order valence-electron chi connectivity index (χ0n) is 23.5. The van der Waals surface area contributed by atoms with Gasteiger partial charge in [0.15, 0.2) is 12.1 Å². The summed E-state index contributed by atoms with van der Waals surface area (Å²) >= 11 is 0. The van der Waals surface area contributed by atoms with Gasteiger partial charge in [0.05, 0.1) is 13.1 Å². The monoisotopic (exact) mass is 605 g/mol. The lowest BCUT2D eigenvalue weighted by Gasteiger charge is -2.51. The number of nitrogens with zero attached hydrogens (tertiary/aromatic N) is 2. The third-order valence-corrected chi connectivity index (χ3v) is 8.56. The lowest BCUT2D eigenvalue weighted by molar-refractivity contribution is -0.938. The Kier molecular flexibility index (Phi) is 10.0. The van der Waals surface area contributed by atoms with Crippen molar-refractivity contribution in [1.82, 2.24) is 0 Å². The van der Waals surface area contributed by atoms with E-state index in [1.54, 1.807) is 0 Å². The average molecular weight is 607 g/mol. The number of quaternary nitrogens is 1. The van der Waals surface area contributed by atoms with Gasteiger partial charge in [0.1, 0.15) is 13.1 Å². The van der Waals surface area contributed by atoms with E-state index in [0.717, 1.165) is 61.5 Å². The van der Waals surface area contributed by atoms with Gasteiger partial charge in [0.25, 0.3) is 0 Å². The van der Waals surface area contributed by atoms with Gasteiger partial charge in [-0.05, 0) is 55.8 Å². The fourth-order valence-electron chi connectivity index (χ4n) is 6.26. The first-order valence-electron chi connectivity index (χ1n) is 14.3. The highest BCUT2D eigenvalue weighted by Crippen LogP contribution is 2.37. The smallest absolute Gasteiger partial charge is 0.333 e. The first-order valence-corrected chi connectivity index (χ1v) is 14.3. The normalized spacial score (nSPS) is 22.1. The molecule has 3 saturated heterocycles. The third kappa shape index (κ3) is 6.76. The van der Waals surface area contributed by atoms with Crippen molar-refractivity contribution in [1.29, 1.82) is 0 Å². The Morgan fingerprint density at radius 2 is 1.50 bits per heavy atom. The van der Waals surface area contributed by atoms with E-state index in [4.69, 9.17) is 4.74 Å². The van der Waals surface area contributed by atoms with Crippen LogP contribution in [0.2, 0.25) is 0 Å². The molecule has 3 fully saturated rings. The van der Waals surface area contributed by atoms with Gasteiger partial charge in [-0.2, -0.15) is 0 Å². The van der Waals surface area contributed by atoms with E-state index in [9.17, 15) is 9.59 Å². The van der Waals surface area contributed by atoms with Crippen molar-refractivity contribution < 1.29 is 35.8 Å². The summed E-state index contributed by atoms with van der Waals surface area (Å²) in [6.07, 6.45) is 1.78. The quantitative estimate of drug-likeness (QED) is 0.207. The van der Waals surface area contributed by atoms with E-state index in [-0.39, 0.29) is 34.8 Å². The summed E-state index contributed by atoms with van der Waals surface area (Å²) < 4.78 is 6.96. The van der Waals surface area contributed by atoms with Crippen LogP contribution in [0.3, 0.4) is 0 Å². The van der Waals surface area contributed by atoms with Gasteiger partial charge in [-0.1, -0.05) is 48.5 Å². The minimum Gasteiger partial charge on any atom is -1.00 e. The van der Waals surface area contributed by atoms with E-state index in [2.05, 4.69) is 36.2 Å². The summed E-state index contributed by atoms with van der Waals surface area (Å²) in [6, 6.07) is 26.9. The first kappa shape index (κ1) is 29.8. The van der Waals surface area contributed by atoms with E-state index >= 15 is 0 Å². The standard InChI is InChI=1S/C33H40N3O3.BrH/c1-3-35(4-2)29-17-15-25(16-18-29)30(37)23-36-21-19-26(20-22-36)31(24-36)39-33(38)32(27-11-7-5-8-12-27)34-28-13-9-6-10-14-28;/h5-18,26,31-32,34H,3-4,19-24H2,1-2H3;1H/q+1;/p-1/t26?,31-,32+,36?;/m0./s1. The SMILES string of the molecule is CCN(CC)c1ccc(C(=O)C[N+]23CCC(CC2)[C@@H](OC(=O)[C@H](Nc2ccccc2)c2ccccc2)C3)cc1.[Br-]. The van der Waals surface area contributed by atoms with Crippen LogP contribution in [0.4, 0.5) is 11.4 Å². The van der Waals surface area contributed by atoms with E-state index < -0.39 is 6.04 Å². The van der Waals surface area contributed by atoms with Crippen LogP contribution in [0, 0.1) is 5.92 Å². The van der Waals surface area contributed by atoms with E-state index in [0.29, 0.717) is 23.5 Å². The number of rotatable bonds is 11. The number of benzene rings is 3. The number of carbonyl (C=O) groups is 2. The molecule has 3 heterocycles. The van der Waals surface area contributed by atoms with E-state index in [1.807, 2.05) is 72.8 Å². The Morgan fingerprint density at radius 1 is 0.900 bits per heavy atom. The molecule has 3 aromatic rings. The number of fused-ring (bicyclic) bond motifs is 3. The molecule has 7 heteroatoms. The molecule has 1 N–H and O–H groups in total. The Hall–Kier alpha value is -3.16. The van der Waals surface area contributed by atoms with Crippen LogP contribution in [0.5, 0.6) is 0 Å². The highest BCUT2D eigenvalue weighted by molar-refractivity contribution is 5.97. The summed E-state index contributed by atoms with van der Waals surface area (Å²) in [7, 11) is 0. The van der Waals surface area contributed by atoms with Crippen LogP contribution in [0.15, 0.2) is 84.9 Å². The predicted molar refractivity (Wildman–Crippen MR) is 156 cm³/mol. The topological polar surface area (TPSA) is 58.6 Å². The molecule has 2 atom stereocenters. The summed E-state index contributed by atoms with van der Waals surface area (Å²) in [5.41, 5.74) is 3.65. The number of anilines is 2. The Morgan fingerprint density at radius 3 is 2.10 bits per heavy atom. The molecular formula is C33H40BrN3O3. The minimum absolute atomic E-state index is 0. The highest BCUT2D eigenvalue weighted by atomic mass is 79.9. The number of hydrogen-bond donors (Lipinski definition) is 1. The number of nitrogens with one attached hydrogen (secondary N) is 1. The van der Waals surface area contributed by atoms with Gasteiger partial charge in [-0.3, -0.25) is 4.79 Å². The largest absolute Gasteiger partial charge is 1.00 e. The van der Waals surface area contributed by atoms with Gasteiger partial charge < -0.3 is 36.4 Å².